The van der Waals surface area contributed by atoms with Crippen LogP contribution in [0.15, 0.2) is 15.5 Å². The summed E-state index contributed by atoms with van der Waals surface area (Å²) in [7, 11) is 1.60. The first kappa shape index (κ1) is 16.2. The molecular weight excluding hydrogens is 310 g/mol. The van der Waals surface area contributed by atoms with Gasteiger partial charge in [0.25, 0.3) is 5.56 Å². The van der Waals surface area contributed by atoms with Crippen molar-refractivity contribution in [3.63, 3.8) is 0 Å². The number of nitrogens with zero attached hydrogens (tertiary/aromatic N) is 2. The number of aromatic nitrogens is 2. The number of halogens is 1. The molecule has 1 heterocycles. The van der Waals surface area contributed by atoms with Crippen LogP contribution in [-0.4, -0.2) is 30.0 Å². The molecular formula is C13H22BrN3O2. The lowest BCUT2D eigenvalue weighted by Crippen LogP contribution is -2.26. The summed E-state index contributed by atoms with van der Waals surface area (Å²) in [5.74, 6) is 0. The predicted molar refractivity (Wildman–Crippen MR) is 80.6 cm³/mol. The van der Waals surface area contributed by atoms with E-state index in [9.17, 15) is 4.79 Å². The summed E-state index contributed by atoms with van der Waals surface area (Å²) in [5.41, 5.74) is 0.862. The van der Waals surface area contributed by atoms with Gasteiger partial charge in [-0.05, 0) is 27.8 Å². The van der Waals surface area contributed by atoms with Crippen molar-refractivity contribution in [3.8, 4) is 0 Å². The van der Waals surface area contributed by atoms with Crippen LogP contribution < -0.4 is 10.9 Å². The van der Waals surface area contributed by atoms with Crippen LogP contribution in [0.4, 0.5) is 5.69 Å². The van der Waals surface area contributed by atoms with Crippen molar-refractivity contribution >= 4 is 21.6 Å². The minimum atomic E-state index is -0.141. The van der Waals surface area contributed by atoms with Gasteiger partial charge in [0.2, 0.25) is 0 Å². The lowest BCUT2D eigenvalue weighted by Gasteiger charge is -2.18. The second-order valence-electron chi connectivity index (χ2n) is 5.63. The van der Waals surface area contributed by atoms with Gasteiger partial charge >= 0.3 is 0 Å². The van der Waals surface area contributed by atoms with Crippen LogP contribution >= 0.6 is 15.9 Å². The van der Waals surface area contributed by atoms with E-state index in [1.807, 2.05) is 0 Å². The highest BCUT2D eigenvalue weighted by molar-refractivity contribution is 9.10. The second-order valence-corrected chi connectivity index (χ2v) is 6.42. The maximum Gasteiger partial charge on any atom is 0.283 e. The van der Waals surface area contributed by atoms with Crippen molar-refractivity contribution < 1.29 is 4.74 Å². The van der Waals surface area contributed by atoms with Crippen molar-refractivity contribution in [2.75, 3.05) is 25.6 Å². The van der Waals surface area contributed by atoms with Gasteiger partial charge in [0, 0.05) is 13.7 Å². The average molecular weight is 332 g/mol. The fraction of sp³-hybridized carbons (Fsp3) is 0.692. The molecule has 108 valence electrons. The average Bonchev–Trinajstić information content (AvgIpc) is 2.32. The van der Waals surface area contributed by atoms with Gasteiger partial charge in [-0.3, -0.25) is 4.79 Å². The molecule has 0 fully saturated rings. The zero-order valence-electron chi connectivity index (χ0n) is 12.0. The number of hydrogen-bond donors (Lipinski definition) is 1. The Kier molecular flexibility index (Phi) is 6.00. The molecule has 0 atom stereocenters. The second kappa shape index (κ2) is 7.05. The van der Waals surface area contributed by atoms with Crippen LogP contribution in [0.25, 0.3) is 0 Å². The summed E-state index contributed by atoms with van der Waals surface area (Å²) in [6.07, 6.45) is 2.69. The van der Waals surface area contributed by atoms with Crippen molar-refractivity contribution in [1.29, 1.82) is 0 Å². The molecule has 0 bridgehead atoms. The largest absolute Gasteiger partial charge is 0.383 e. The maximum absolute atomic E-state index is 12.0. The van der Waals surface area contributed by atoms with E-state index in [-0.39, 0.29) is 11.0 Å². The molecule has 6 heteroatoms. The molecule has 0 aliphatic heterocycles. The molecule has 0 radical (unpaired) electrons. The predicted octanol–water partition coefficient (Wildman–Crippen LogP) is 2.50. The number of methoxy groups -OCH3 is 1. The smallest absolute Gasteiger partial charge is 0.283 e. The molecule has 0 spiro atoms. The van der Waals surface area contributed by atoms with E-state index >= 15 is 0 Å². The number of ether oxygens (including phenoxy) is 1. The van der Waals surface area contributed by atoms with Crippen molar-refractivity contribution in [2.45, 2.75) is 33.7 Å². The topological polar surface area (TPSA) is 56.1 Å². The highest BCUT2D eigenvalue weighted by atomic mass is 79.9. The molecule has 0 aliphatic rings. The Morgan fingerprint density at radius 1 is 1.47 bits per heavy atom. The van der Waals surface area contributed by atoms with Gasteiger partial charge in [0.15, 0.2) is 0 Å². The third-order valence-corrected chi connectivity index (χ3v) is 3.45. The summed E-state index contributed by atoms with van der Waals surface area (Å²) in [4.78, 5) is 12.0. The fourth-order valence-corrected chi connectivity index (χ4v) is 1.94. The van der Waals surface area contributed by atoms with Crippen LogP contribution in [0.3, 0.4) is 0 Å². The molecule has 0 saturated carbocycles. The minimum absolute atomic E-state index is 0.141. The van der Waals surface area contributed by atoms with Crippen molar-refractivity contribution in [3.05, 3.63) is 21.0 Å². The first-order valence-corrected chi connectivity index (χ1v) is 7.13. The van der Waals surface area contributed by atoms with Gasteiger partial charge < -0.3 is 10.1 Å². The Hall–Kier alpha value is -0.880. The number of anilines is 1. The molecule has 1 N–H and O–H groups in total. The first-order chi connectivity index (χ1) is 8.85. The van der Waals surface area contributed by atoms with Gasteiger partial charge in [-0.2, -0.15) is 5.10 Å². The number of hydrogen-bond acceptors (Lipinski definition) is 4. The fourth-order valence-electron chi connectivity index (χ4n) is 1.50. The summed E-state index contributed by atoms with van der Waals surface area (Å²) in [5, 5.41) is 7.36. The van der Waals surface area contributed by atoms with E-state index in [1.54, 1.807) is 13.3 Å². The number of rotatable bonds is 6. The van der Waals surface area contributed by atoms with Crippen molar-refractivity contribution in [1.82, 2.24) is 9.78 Å². The molecule has 5 nitrogen and oxygen atoms in total. The molecule has 0 amide bonds. The van der Waals surface area contributed by atoms with Gasteiger partial charge in [0.1, 0.15) is 4.47 Å². The van der Waals surface area contributed by atoms with Crippen LogP contribution in [0.5, 0.6) is 0 Å². The third kappa shape index (κ3) is 5.32. The first-order valence-electron chi connectivity index (χ1n) is 6.33. The molecule has 19 heavy (non-hydrogen) atoms. The van der Waals surface area contributed by atoms with E-state index in [0.717, 1.165) is 18.7 Å². The summed E-state index contributed by atoms with van der Waals surface area (Å²) in [6.45, 7) is 8.29. The van der Waals surface area contributed by atoms with E-state index in [1.165, 1.54) is 4.68 Å². The van der Waals surface area contributed by atoms with Crippen molar-refractivity contribution in [2.24, 2.45) is 5.41 Å². The summed E-state index contributed by atoms with van der Waals surface area (Å²) in [6, 6.07) is 0. The number of nitrogens with one attached hydrogen (secondary N) is 1. The molecule has 0 aliphatic carbocycles. The maximum atomic E-state index is 12.0. The zero-order chi connectivity index (χ0) is 14.5. The van der Waals surface area contributed by atoms with E-state index in [4.69, 9.17) is 4.74 Å². The lowest BCUT2D eigenvalue weighted by atomic mass is 9.92. The van der Waals surface area contributed by atoms with Gasteiger partial charge in [-0.1, -0.05) is 20.8 Å². The molecule has 1 aromatic heterocycles. The summed E-state index contributed by atoms with van der Waals surface area (Å²) >= 11 is 3.33. The highest BCUT2D eigenvalue weighted by Crippen LogP contribution is 2.20. The summed E-state index contributed by atoms with van der Waals surface area (Å²) < 4.78 is 6.85. The van der Waals surface area contributed by atoms with E-state index < -0.39 is 0 Å². The molecule has 1 aromatic rings. The molecule has 0 aromatic carbocycles. The SMILES string of the molecule is COCCn1ncc(NCCC(C)(C)C)c(Br)c1=O. The third-order valence-electron chi connectivity index (χ3n) is 2.68. The Bertz CT molecular complexity index is 466. The van der Waals surface area contributed by atoms with E-state index in [2.05, 4.69) is 47.1 Å². The Morgan fingerprint density at radius 3 is 2.74 bits per heavy atom. The molecule has 0 saturated heterocycles. The Balaban J connectivity index is 2.71. The van der Waals surface area contributed by atoms with Crippen LogP contribution in [0.1, 0.15) is 27.2 Å². The van der Waals surface area contributed by atoms with Gasteiger partial charge in [0.05, 0.1) is 25.0 Å². The van der Waals surface area contributed by atoms with Gasteiger partial charge in [-0.15, -0.1) is 0 Å². The monoisotopic (exact) mass is 331 g/mol. The molecule has 1 rings (SSSR count). The Morgan fingerprint density at radius 2 is 2.16 bits per heavy atom. The zero-order valence-corrected chi connectivity index (χ0v) is 13.6. The highest BCUT2D eigenvalue weighted by Gasteiger charge is 2.11. The van der Waals surface area contributed by atoms with Crippen LogP contribution in [-0.2, 0) is 11.3 Å². The minimum Gasteiger partial charge on any atom is -0.383 e. The van der Waals surface area contributed by atoms with Crippen LogP contribution in [0, 0.1) is 5.41 Å². The lowest BCUT2D eigenvalue weighted by molar-refractivity contribution is 0.181. The van der Waals surface area contributed by atoms with Gasteiger partial charge in [-0.25, -0.2) is 4.68 Å². The standard InChI is InChI=1S/C13H22BrN3O2/c1-13(2,3)5-6-15-10-9-16-17(7-8-19-4)12(18)11(10)14/h9,15H,5-8H2,1-4H3. The molecule has 0 unspecified atom stereocenters. The van der Waals surface area contributed by atoms with Crippen LogP contribution in [0.2, 0.25) is 0 Å². The normalized spacial score (nSPS) is 11.6. The Labute approximate surface area is 122 Å². The quantitative estimate of drug-likeness (QED) is 0.870. The van der Waals surface area contributed by atoms with E-state index in [0.29, 0.717) is 17.6 Å².